The molecule has 0 saturated carbocycles. The fourth-order valence-electron chi connectivity index (χ4n) is 1.47. The molecule has 1 fully saturated rings. The van der Waals surface area contributed by atoms with Crippen molar-refractivity contribution in [1.29, 1.82) is 0 Å². The van der Waals surface area contributed by atoms with Crippen molar-refractivity contribution in [3.63, 3.8) is 0 Å². The van der Waals surface area contributed by atoms with Crippen molar-refractivity contribution in [2.45, 2.75) is 24.1 Å². The number of amides is 1. The van der Waals surface area contributed by atoms with Gasteiger partial charge in [-0.25, -0.2) is 0 Å². The third-order valence-electron chi connectivity index (χ3n) is 2.26. The molecule has 1 unspecified atom stereocenters. The van der Waals surface area contributed by atoms with Gasteiger partial charge in [0.2, 0.25) is 5.91 Å². The van der Waals surface area contributed by atoms with Crippen molar-refractivity contribution in [2.75, 3.05) is 26.8 Å². The van der Waals surface area contributed by atoms with Crippen LogP contribution in [0, 0.1) is 0 Å². The third kappa shape index (κ3) is 3.27. The summed E-state index contributed by atoms with van der Waals surface area (Å²) in [6.07, 6.45) is 3.02. The highest BCUT2D eigenvalue weighted by Crippen LogP contribution is 2.18. The summed E-state index contributed by atoms with van der Waals surface area (Å²) in [5.74, 6) is 0.248. The topological polar surface area (TPSA) is 29.5 Å². The summed E-state index contributed by atoms with van der Waals surface area (Å²) in [5, 5.41) is 0. The number of carbonyl (C=O) groups excluding carboxylic acids is 1. The second kappa shape index (κ2) is 5.60. The van der Waals surface area contributed by atoms with E-state index in [1.807, 2.05) is 4.90 Å². The molecule has 1 saturated heterocycles. The van der Waals surface area contributed by atoms with Gasteiger partial charge < -0.3 is 9.64 Å². The highest BCUT2D eigenvalue weighted by atomic mass is 79.9. The van der Waals surface area contributed by atoms with E-state index in [2.05, 4.69) is 15.9 Å². The van der Waals surface area contributed by atoms with Gasteiger partial charge in [-0.05, 0) is 19.3 Å². The highest BCUT2D eigenvalue weighted by Gasteiger charge is 2.28. The minimum Gasteiger partial charge on any atom is -0.385 e. The van der Waals surface area contributed by atoms with Crippen molar-refractivity contribution < 1.29 is 9.53 Å². The number of hydrogen-bond donors (Lipinski definition) is 0. The zero-order chi connectivity index (χ0) is 9.68. The third-order valence-corrected chi connectivity index (χ3v) is 3.11. The van der Waals surface area contributed by atoms with E-state index in [-0.39, 0.29) is 10.7 Å². The van der Waals surface area contributed by atoms with Gasteiger partial charge in [-0.2, -0.15) is 0 Å². The standard InChI is InChI=1S/C9H16BrNO2/c1-13-7-3-2-5-11-6-4-8(10)9(11)12/h8H,2-7H2,1H3. The van der Waals surface area contributed by atoms with Gasteiger partial charge >= 0.3 is 0 Å². The van der Waals surface area contributed by atoms with E-state index in [9.17, 15) is 4.79 Å². The molecule has 1 atom stereocenters. The Kier molecular flexibility index (Phi) is 4.73. The van der Waals surface area contributed by atoms with E-state index in [1.54, 1.807) is 7.11 Å². The van der Waals surface area contributed by atoms with Crippen LogP contribution in [0.3, 0.4) is 0 Å². The van der Waals surface area contributed by atoms with Crippen LogP contribution < -0.4 is 0 Å². The number of methoxy groups -OCH3 is 1. The fourth-order valence-corrected chi connectivity index (χ4v) is 1.97. The van der Waals surface area contributed by atoms with Gasteiger partial charge in [0.05, 0.1) is 4.83 Å². The van der Waals surface area contributed by atoms with Crippen LogP contribution in [0.25, 0.3) is 0 Å². The number of ether oxygens (including phenoxy) is 1. The van der Waals surface area contributed by atoms with Crippen LogP contribution in [0.4, 0.5) is 0 Å². The Labute approximate surface area is 87.6 Å². The maximum atomic E-state index is 11.4. The number of carbonyl (C=O) groups is 1. The summed E-state index contributed by atoms with van der Waals surface area (Å²) < 4.78 is 4.94. The van der Waals surface area contributed by atoms with Crippen molar-refractivity contribution >= 4 is 21.8 Å². The maximum absolute atomic E-state index is 11.4. The Balaban J connectivity index is 2.12. The molecule has 0 spiro atoms. The predicted molar refractivity (Wildman–Crippen MR) is 55.0 cm³/mol. The number of unbranched alkanes of at least 4 members (excludes halogenated alkanes) is 1. The van der Waals surface area contributed by atoms with E-state index < -0.39 is 0 Å². The number of halogens is 1. The summed E-state index contributed by atoms with van der Waals surface area (Å²) in [4.78, 5) is 13.4. The van der Waals surface area contributed by atoms with Crippen LogP contribution in [-0.2, 0) is 9.53 Å². The number of rotatable bonds is 5. The molecule has 1 aliphatic heterocycles. The average Bonchev–Trinajstić information content (AvgIpc) is 2.43. The molecule has 0 aromatic rings. The van der Waals surface area contributed by atoms with Gasteiger partial charge in [0.25, 0.3) is 0 Å². The molecule has 1 amide bonds. The van der Waals surface area contributed by atoms with Crippen LogP contribution in [0.5, 0.6) is 0 Å². The van der Waals surface area contributed by atoms with E-state index in [1.165, 1.54) is 0 Å². The molecular weight excluding hydrogens is 234 g/mol. The van der Waals surface area contributed by atoms with Crippen molar-refractivity contribution in [2.24, 2.45) is 0 Å². The average molecular weight is 250 g/mol. The predicted octanol–water partition coefficient (Wildman–Crippen LogP) is 1.41. The van der Waals surface area contributed by atoms with Crippen LogP contribution in [0.15, 0.2) is 0 Å². The Morgan fingerprint density at radius 1 is 1.62 bits per heavy atom. The van der Waals surface area contributed by atoms with Crippen LogP contribution in [0.2, 0.25) is 0 Å². The normalized spacial score (nSPS) is 22.8. The highest BCUT2D eigenvalue weighted by molar-refractivity contribution is 9.10. The maximum Gasteiger partial charge on any atom is 0.236 e. The fraction of sp³-hybridized carbons (Fsp3) is 0.889. The number of likely N-dealkylation sites (tertiary alicyclic amines) is 1. The second-order valence-electron chi connectivity index (χ2n) is 3.28. The monoisotopic (exact) mass is 249 g/mol. The summed E-state index contributed by atoms with van der Waals surface area (Å²) in [7, 11) is 1.70. The molecule has 0 N–H and O–H groups in total. The van der Waals surface area contributed by atoms with Crippen LogP contribution in [0.1, 0.15) is 19.3 Å². The molecule has 0 aliphatic carbocycles. The summed E-state index contributed by atoms with van der Waals surface area (Å²) in [6, 6.07) is 0. The van der Waals surface area contributed by atoms with Gasteiger partial charge in [-0.3, -0.25) is 4.79 Å². The first kappa shape index (κ1) is 11.0. The Morgan fingerprint density at radius 3 is 2.92 bits per heavy atom. The lowest BCUT2D eigenvalue weighted by Gasteiger charge is -2.15. The quantitative estimate of drug-likeness (QED) is 0.545. The molecule has 0 bridgehead atoms. The zero-order valence-corrected chi connectivity index (χ0v) is 9.55. The second-order valence-corrected chi connectivity index (χ2v) is 4.39. The molecule has 4 heteroatoms. The lowest BCUT2D eigenvalue weighted by molar-refractivity contribution is -0.127. The minimum absolute atomic E-state index is 0.0647. The molecule has 0 aromatic carbocycles. The molecule has 3 nitrogen and oxygen atoms in total. The van der Waals surface area contributed by atoms with Gasteiger partial charge in [-0.1, -0.05) is 15.9 Å². The van der Waals surface area contributed by atoms with E-state index in [0.717, 1.165) is 39.0 Å². The first-order valence-electron chi connectivity index (χ1n) is 4.67. The molecule has 76 valence electrons. The van der Waals surface area contributed by atoms with Crippen molar-refractivity contribution in [3.05, 3.63) is 0 Å². The Morgan fingerprint density at radius 2 is 2.38 bits per heavy atom. The Bertz CT molecular complexity index is 175. The minimum atomic E-state index is 0.0647. The van der Waals surface area contributed by atoms with E-state index in [4.69, 9.17) is 4.74 Å². The number of alkyl halides is 1. The SMILES string of the molecule is COCCCCN1CCC(Br)C1=O. The van der Waals surface area contributed by atoms with E-state index in [0.29, 0.717) is 0 Å². The zero-order valence-electron chi connectivity index (χ0n) is 7.96. The molecule has 1 rings (SSSR count). The van der Waals surface area contributed by atoms with Gasteiger partial charge in [-0.15, -0.1) is 0 Å². The lowest BCUT2D eigenvalue weighted by atomic mass is 10.3. The smallest absolute Gasteiger partial charge is 0.236 e. The van der Waals surface area contributed by atoms with Gasteiger partial charge in [0.15, 0.2) is 0 Å². The molecule has 13 heavy (non-hydrogen) atoms. The largest absolute Gasteiger partial charge is 0.385 e. The first-order chi connectivity index (χ1) is 6.25. The lowest BCUT2D eigenvalue weighted by Crippen LogP contribution is -2.28. The van der Waals surface area contributed by atoms with Crippen molar-refractivity contribution in [3.8, 4) is 0 Å². The van der Waals surface area contributed by atoms with Gasteiger partial charge in [0.1, 0.15) is 0 Å². The van der Waals surface area contributed by atoms with Crippen LogP contribution in [-0.4, -0.2) is 42.4 Å². The number of nitrogens with zero attached hydrogens (tertiary/aromatic N) is 1. The molecule has 1 aliphatic rings. The molecule has 0 aromatic heterocycles. The Hall–Kier alpha value is -0.0900. The molecule has 1 heterocycles. The molecular formula is C9H16BrNO2. The first-order valence-corrected chi connectivity index (χ1v) is 5.59. The summed E-state index contributed by atoms with van der Waals surface area (Å²) >= 11 is 3.35. The van der Waals surface area contributed by atoms with E-state index >= 15 is 0 Å². The summed E-state index contributed by atoms with van der Waals surface area (Å²) in [5.41, 5.74) is 0. The van der Waals surface area contributed by atoms with Crippen LogP contribution >= 0.6 is 15.9 Å². The van der Waals surface area contributed by atoms with Crippen molar-refractivity contribution in [1.82, 2.24) is 4.90 Å². The van der Waals surface area contributed by atoms with Gasteiger partial charge in [0, 0.05) is 26.8 Å². The molecule has 0 radical (unpaired) electrons. The number of hydrogen-bond acceptors (Lipinski definition) is 2. The summed E-state index contributed by atoms with van der Waals surface area (Å²) in [6.45, 7) is 2.58.